The van der Waals surface area contributed by atoms with Gasteiger partial charge in [-0.25, -0.2) is 12.8 Å². The van der Waals surface area contributed by atoms with E-state index in [9.17, 15) is 12.8 Å². The average molecular weight is 355 g/mol. The van der Waals surface area contributed by atoms with Gasteiger partial charge in [-0.15, -0.1) is 0 Å². The summed E-state index contributed by atoms with van der Waals surface area (Å²) in [7, 11) is -3.80. The maximum Gasteiger partial charge on any atom is 0.243 e. The summed E-state index contributed by atoms with van der Waals surface area (Å²) in [6.07, 6.45) is 0. The Hall–Kier alpha value is -1.47. The fourth-order valence-electron chi connectivity index (χ4n) is 2.75. The Morgan fingerprint density at radius 3 is 2.70 bits per heavy atom. The van der Waals surface area contributed by atoms with Gasteiger partial charge in [0.2, 0.25) is 10.0 Å². The summed E-state index contributed by atoms with van der Waals surface area (Å²) in [6.45, 7) is 1.29. The highest BCUT2D eigenvalue weighted by molar-refractivity contribution is 7.89. The molecule has 1 atom stereocenters. The third-order valence-electron chi connectivity index (χ3n) is 3.86. The van der Waals surface area contributed by atoms with E-state index in [0.29, 0.717) is 24.7 Å². The van der Waals surface area contributed by atoms with Gasteiger partial charge in [0.1, 0.15) is 5.82 Å². The molecular weight excluding hydrogens is 339 g/mol. The molecule has 1 N–H and O–H groups in total. The first-order valence-electron chi connectivity index (χ1n) is 7.23. The van der Waals surface area contributed by atoms with Gasteiger partial charge in [-0.1, -0.05) is 35.9 Å². The van der Waals surface area contributed by atoms with E-state index in [0.717, 1.165) is 11.6 Å². The van der Waals surface area contributed by atoms with Gasteiger partial charge in [0.05, 0.1) is 10.9 Å². The van der Waals surface area contributed by atoms with Crippen molar-refractivity contribution >= 4 is 21.6 Å². The zero-order valence-electron chi connectivity index (χ0n) is 12.2. The third kappa shape index (κ3) is 3.26. The molecule has 1 fully saturated rings. The van der Waals surface area contributed by atoms with Crippen molar-refractivity contribution < 1.29 is 12.8 Å². The predicted molar refractivity (Wildman–Crippen MR) is 87.4 cm³/mol. The quantitative estimate of drug-likeness (QED) is 0.922. The molecule has 2 aromatic rings. The number of hydrogen-bond donors (Lipinski definition) is 1. The second-order valence-electron chi connectivity index (χ2n) is 5.31. The van der Waals surface area contributed by atoms with Gasteiger partial charge >= 0.3 is 0 Å². The van der Waals surface area contributed by atoms with Gasteiger partial charge in [0.25, 0.3) is 0 Å². The SMILES string of the molecule is O=S(=O)(c1cccc(F)c1)N1CCNCC1c1ccccc1Cl. The van der Waals surface area contributed by atoms with Crippen LogP contribution in [0.15, 0.2) is 53.4 Å². The monoisotopic (exact) mass is 354 g/mol. The third-order valence-corrected chi connectivity index (χ3v) is 6.11. The highest BCUT2D eigenvalue weighted by atomic mass is 35.5. The van der Waals surface area contributed by atoms with E-state index in [1.807, 2.05) is 12.1 Å². The zero-order chi connectivity index (χ0) is 16.4. The Labute approximate surface area is 139 Å². The first-order chi connectivity index (χ1) is 11.0. The van der Waals surface area contributed by atoms with Crippen LogP contribution in [0, 0.1) is 5.82 Å². The van der Waals surface area contributed by atoms with Crippen LogP contribution in [0.2, 0.25) is 5.02 Å². The second-order valence-corrected chi connectivity index (χ2v) is 7.61. The number of benzene rings is 2. The van der Waals surface area contributed by atoms with Crippen molar-refractivity contribution in [1.29, 1.82) is 0 Å². The minimum Gasteiger partial charge on any atom is -0.313 e. The number of nitrogens with zero attached hydrogens (tertiary/aromatic N) is 1. The number of nitrogens with one attached hydrogen (secondary N) is 1. The molecule has 0 bridgehead atoms. The highest BCUT2D eigenvalue weighted by Gasteiger charge is 2.35. The Morgan fingerprint density at radius 2 is 1.96 bits per heavy atom. The Kier molecular flexibility index (Phi) is 4.68. The van der Waals surface area contributed by atoms with Crippen LogP contribution >= 0.6 is 11.6 Å². The Balaban J connectivity index is 2.03. The molecule has 0 aliphatic carbocycles. The lowest BCUT2D eigenvalue weighted by Gasteiger charge is -2.35. The van der Waals surface area contributed by atoms with Crippen molar-refractivity contribution in [3.63, 3.8) is 0 Å². The lowest BCUT2D eigenvalue weighted by Crippen LogP contribution is -2.48. The molecule has 1 unspecified atom stereocenters. The molecule has 122 valence electrons. The lowest BCUT2D eigenvalue weighted by atomic mass is 10.1. The number of rotatable bonds is 3. The van der Waals surface area contributed by atoms with Gasteiger partial charge in [-0.3, -0.25) is 0 Å². The topological polar surface area (TPSA) is 49.4 Å². The van der Waals surface area contributed by atoms with Crippen LogP contribution in [0.5, 0.6) is 0 Å². The molecule has 7 heteroatoms. The maximum atomic E-state index is 13.4. The molecule has 0 saturated carbocycles. The first-order valence-corrected chi connectivity index (χ1v) is 9.04. The minimum atomic E-state index is -3.80. The fourth-order valence-corrected chi connectivity index (χ4v) is 4.65. The summed E-state index contributed by atoms with van der Waals surface area (Å²) in [5, 5.41) is 3.70. The molecule has 0 amide bonds. The van der Waals surface area contributed by atoms with Crippen molar-refractivity contribution in [3.8, 4) is 0 Å². The van der Waals surface area contributed by atoms with E-state index in [1.165, 1.54) is 22.5 Å². The van der Waals surface area contributed by atoms with Crippen LogP contribution in [-0.2, 0) is 10.0 Å². The predicted octanol–water partition coefficient (Wildman–Crippen LogP) is 2.81. The van der Waals surface area contributed by atoms with Gasteiger partial charge < -0.3 is 5.32 Å². The van der Waals surface area contributed by atoms with E-state index in [2.05, 4.69) is 5.32 Å². The van der Waals surface area contributed by atoms with Gasteiger partial charge in [-0.2, -0.15) is 4.31 Å². The molecule has 3 rings (SSSR count). The van der Waals surface area contributed by atoms with E-state index in [-0.39, 0.29) is 4.90 Å². The summed E-state index contributed by atoms with van der Waals surface area (Å²) >= 11 is 6.23. The maximum absolute atomic E-state index is 13.4. The van der Waals surface area contributed by atoms with Crippen molar-refractivity contribution in [3.05, 3.63) is 64.9 Å². The van der Waals surface area contributed by atoms with Crippen LogP contribution in [-0.4, -0.2) is 32.4 Å². The summed E-state index contributed by atoms with van der Waals surface area (Å²) in [6, 6.07) is 11.8. The molecule has 0 aromatic heterocycles. The molecule has 0 radical (unpaired) electrons. The van der Waals surface area contributed by atoms with E-state index < -0.39 is 21.9 Å². The average Bonchev–Trinajstić information content (AvgIpc) is 2.55. The van der Waals surface area contributed by atoms with Gasteiger partial charge in [0.15, 0.2) is 0 Å². The van der Waals surface area contributed by atoms with E-state index >= 15 is 0 Å². The second kappa shape index (κ2) is 6.57. The van der Waals surface area contributed by atoms with Crippen LogP contribution in [0.3, 0.4) is 0 Å². The molecule has 23 heavy (non-hydrogen) atoms. The largest absolute Gasteiger partial charge is 0.313 e. The number of sulfonamides is 1. The molecule has 1 aliphatic heterocycles. The summed E-state index contributed by atoms with van der Waals surface area (Å²) < 4.78 is 40.7. The molecule has 0 spiro atoms. The van der Waals surface area contributed by atoms with Crippen LogP contribution < -0.4 is 5.32 Å². The van der Waals surface area contributed by atoms with Crippen molar-refractivity contribution in [2.24, 2.45) is 0 Å². The molecule has 4 nitrogen and oxygen atoms in total. The highest BCUT2D eigenvalue weighted by Crippen LogP contribution is 2.32. The molecular formula is C16H16ClFN2O2S. The van der Waals surface area contributed by atoms with Crippen molar-refractivity contribution in [2.75, 3.05) is 19.6 Å². The Bertz CT molecular complexity index is 813. The fraction of sp³-hybridized carbons (Fsp3) is 0.250. The molecule has 1 saturated heterocycles. The summed E-state index contributed by atoms with van der Waals surface area (Å²) in [5.41, 5.74) is 0.737. The number of halogens is 2. The number of piperazine rings is 1. The van der Waals surface area contributed by atoms with E-state index in [4.69, 9.17) is 11.6 Å². The number of hydrogen-bond acceptors (Lipinski definition) is 3. The Morgan fingerprint density at radius 1 is 1.17 bits per heavy atom. The molecule has 1 aliphatic rings. The molecule has 2 aromatic carbocycles. The standard InChI is InChI=1S/C16H16ClFN2O2S/c17-15-7-2-1-6-14(15)16-11-19-8-9-20(16)23(21,22)13-5-3-4-12(18)10-13/h1-7,10,16,19H,8-9,11H2. The van der Waals surface area contributed by atoms with Crippen molar-refractivity contribution in [2.45, 2.75) is 10.9 Å². The normalized spacial score (nSPS) is 19.7. The summed E-state index contributed by atoms with van der Waals surface area (Å²) in [4.78, 5) is -0.0450. The lowest BCUT2D eigenvalue weighted by molar-refractivity contribution is 0.271. The van der Waals surface area contributed by atoms with Gasteiger partial charge in [0, 0.05) is 24.7 Å². The van der Waals surface area contributed by atoms with E-state index in [1.54, 1.807) is 12.1 Å². The van der Waals surface area contributed by atoms with Crippen LogP contribution in [0.1, 0.15) is 11.6 Å². The summed E-state index contributed by atoms with van der Waals surface area (Å²) in [5.74, 6) is -0.574. The minimum absolute atomic E-state index is 0.0450. The smallest absolute Gasteiger partial charge is 0.243 e. The van der Waals surface area contributed by atoms with Crippen LogP contribution in [0.4, 0.5) is 4.39 Å². The molecule has 1 heterocycles. The zero-order valence-corrected chi connectivity index (χ0v) is 13.8. The first kappa shape index (κ1) is 16.4. The van der Waals surface area contributed by atoms with Crippen molar-refractivity contribution in [1.82, 2.24) is 9.62 Å². The van der Waals surface area contributed by atoms with Gasteiger partial charge in [-0.05, 0) is 29.8 Å². The van der Waals surface area contributed by atoms with Crippen LogP contribution in [0.25, 0.3) is 0 Å².